The fourth-order valence-corrected chi connectivity index (χ4v) is 3.15. The number of aromatic hydroxyl groups is 2. The summed E-state index contributed by atoms with van der Waals surface area (Å²) in [6.45, 7) is 0. The van der Waals surface area contributed by atoms with E-state index < -0.39 is 0 Å². The molecular weight excluding hydrogens is 328 g/mol. The highest BCUT2D eigenvalue weighted by molar-refractivity contribution is 6.40. The number of carbonyl (C=O) groups excluding carboxylic acids is 2. The third-order valence-electron chi connectivity index (χ3n) is 4.43. The minimum absolute atomic E-state index is 0.0918. The summed E-state index contributed by atoms with van der Waals surface area (Å²) in [6.07, 6.45) is 1.34. The van der Waals surface area contributed by atoms with Crippen molar-refractivity contribution in [3.63, 3.8) is 0 Å². The summed E-state index contributed by atoms with van der Waals surface area (Å²) in [5.41, 5.74) is 2.98. The summed E-state index contributed by atoms with van der Waals surface area (Å²) in [7, 11) is 0. The van der Waals surface area contributed by atoms with Crippen LogP contribution in [-0.4, -0.2) is 21.8 Å². The minimum atomic E-state index is -0.242. The molecule has 0 aliphatic heterocycles. The zero-order chi connectivity index (χ0) is 18.3. The summed E-state index contributed by atoms with van der Waals surface area (Å²) < 4.78 is 0. The first-order valence-electron chi connectivity index (χ1n) is 8.07. The van der Waals surface area contributed by atoms with Crippen LogP contribution in [0.5, 0.6) is 11.5 Å². The molecule has 3 aromatic rings. The average molecular weight is 342 g/mol. The Morgan fingerprint density at radius 2 is 1.15 bits per heavy atom. The third-order valence-corrected chi connectivity index (χ3v) is 4.43. The van der Waals surface area contributed by atoms with E-state index in [-0.39, 0.29) is 23.1 Å². The molecule has 1 aliphatic carbocycles. The van der Waals surface area contributed by atoms with Gasteiger partial charge in [0.15, 0.2) is 11.6 Å². The highest BCUT2D eigenvalue weighted by Gasteiger charge is 2.29. The largest absolute Gasteiger partial charge is 0.508 e. The second kappa shape index (κ2) is 6.01. The van der Waals surface area contributed by atoms with E-state index in [0.29, 0.717) is 27.8 Å². The molecule has 4 heteroatoms. The van der Waals surface area contributed by atoms with Crippen molar-refractivity contribution >= 4 is 17.1 Å². The van der Waals surface area contributed by atoms with Crippen molar-refractivity contribution in [1.82, 2.24) is 0 Å². The molecule has 1 aliphatic rings. The number of Topliss-reactive ketones (excluding diaryl/α,β-unsaturated/α-hetero) is 1. The van der Waals surface area contributed by atoms with E-state index >= 15 is 0 Å². The van der Waals surface area contributed by atoms with Gasteiger partial charge in [0.2, 0.25) is 0 Å². The molecule has 0 heterocycles. The Balaban J connectivity index is 1.88. The predicted molar refractivity (Wildman–Crippen MR) is 98.3 cm³/mol. The molecule has 3 aromatic carbocycles. The molecular formula is C22H14O4. The van der Waals surface area contributed by atoms with Crippen LogP contribution >= 0.6 is 0 Å². The Hall–Kier alpha value is -3.66. The van der Waals surface area contributed by atoms with Crippen LogP contribution in [0.25, 0.3) is 16.7 Å². The number of hydrogen-bond donors (Lipinski definition) is 2. The molecule has 2 N–H and O–H groups in total. The van der Waals surface area contributed by atoms with Crippen molar-refractivity contribution in [2.75, 3.05) is 0 Å². The first-order valence-corrected chi connectivity index (χ1v) is 8.07. The highest BCUT2D eigenvalue weighted by atomic mass is 16.3. The van der Waals surface area contributed by atoms with E-state index in [2.05, 4.69) is 0 Å². The smallest absolute Gasteiger partial charge is 0.195 e. The number of ketones is 2. The fraction of sp³-hybridized carbons (Fsp3) is 0. The van der Waals surface area contributed by atoms with Gasteiger partial charge in [-0.05, 0) is 47.0 Å². The first-order chi connectivity index (χ1) is 12.5. The van der Waals surface area contributed by atoms with Crippen molar-refractivity contribution < 1.29 is 19.8 Å². The molecule has 0 saturated carbocycles. The Bertz CT molecular complexity index is 1060. The lowest BCUT2D eigenvalue weighted by Crippen LogP contribution is -2.17. The number of phenols is 2. The molecule has 0 bridgehead atoms. The SMILES string of the molecule is O=C1C=C(c2ccc(O)cc2)C(=O)c2c1cccc2-c1ccc(O)cc1. The Labute approximate surface area is 149 Å². The summed E-state index contributed by atoms with van der Waals surface area (Å²) in [6, 6.07) is 17.9. The molecule has 0 aromatic heterocycles. The molecule has 4 rings (SSSR count). The molecule has 0 unspecified atom stereocenters. The van der Waals surface area contributed by atoms with Crippen molar-refractivity contribution in [2.24, 2.45) is 0 Å². The van der Waals surface area contributed by atoms with Gasteiger partial charge in [-0.25, -0.2) is 0 Å². The van der Waals surface area contributed by atoms with Gasteiger partial charge >= 0.3 is 0 Å². The van der Waals surface area contributed by atoms with Crippen LogP contribution in [0.4, 0.5) is 0 Å². The van der Waals surface area contributed by atoms with Crippen LogP contribution in [-0.2, 0) is 0 Å². The molecule has 0 amide bonds. The van der Waals surface area contributed by atoms with Gasteiger partial charge in [-0.1, -0.05) is 42.5 Å². The topological polar surface area (TPSA) is 74.6 Å². The number of phenolic OH excluding ortho intramolecular Hbond substituents is 2. The zero-order valence-electron chi connectivity index (χ0n) is 13.6. The maximum Gasteiger partial charge on any atom is 0.195 e. The average Bonchev–Trinajstić information content (AvgIpc) is 2.65. The van der Waals surface area contributed by atoms with Gasteiger partial charge in [-0.2, -0.15) is 0 Å². The van der Waals surface area contributed by atoms with Gasteiger partial charge in [0, 0.05) is 16.7 Å². The van der Waals surface area contributed by atoms with Crippen LogP contribution in [0.3, 0.4) is 0 Å². The molecule has 0 fully saturated rings. The van der Waals surface area contributed by atoms with Crippen molar-refractivity contribution in [2.45, 2.75) is 0 Å². The lowest BCUT2D eigenvalue weighted by atomic mass is 9.82. The van der Waals surface area contributed by atoms with E-state index in [1.165, 1.54) is 18.2 Å². The lowest BCUT2D eigenvalue weighted by molar-refractivity contribution is 0.100. The lowest BCUT2D eigenvalue weighted by Gasteiger charge is -2.19. The molecule has 126 valence electrons. The maximum atomic E-state index is 13.2. The van der Waals surface area contributed by atoms with E-state index in [9.17, 15) is 19.8 Å². The Kier molecular flexibility index (Phi) is 3.66. The van der Waals surface area contributed by atoms with Gasteiger partial charge < -0.3 is 10.2 Å². The van der Waals surface area contributed by atoms with Gasteiger partial charge in [-0.15, -0.1) is 0 Å². The summed E-state index contributed by atoms with van der Waals surface area (Å²) in [4.78, 5) is 25.8. The van der Waals surface area contributed by atoms with E-state index in [1.807, 2.05) is 0 Å². The monoisotopic (exact) mass is 342 g/mol. The second-order valence-corrected chi connectivity index (χ2v) is 6.07. The quantitative estimate of drug-likeness (QED) is 0.731. The van der Waals surface area contributed by atoms with Gasteiger partial charge in [-0.3, -0.25) is 9.59 Å². The highest BCUT2D eigenvalue weighted by Crippen LogP contribution is 2.35. The van der Waals surface area contributed by atoms with Crippen LogP contribution in [0.2, 0.25) is 0 Å². The standard InChI is InChI=1S/C22H14O4/c23-15-8-4-13(5-9-15)17-2-1-3-18-20(25)12-19(22(26)21(17)18)14-6-10-16(24)11-7-14/h1-12,23-24H. The number of benzene rings is 3. The van der Waals surface area contributed by atoms with E-state index in [1.54, 1.807) is 54.6 Å². The molecule has 0 saturated heterocycles. The van der Waals surface area contributed by atoms with Crippen LogP contribution in [0.1, 0.15) is 26.3 Å². The minimum Gasteiger partial charge on any atom is -0.508 e. The number of hydrogen-bond acceptors (Lipinski definition) is 4. The van der Waals surface area contributed by atoms with Crippen LogP contribution in [0.15, 0.2) is 72.8 Å². The third kappa shape index (κ3) is 2.58. The molecule has 4 nitrogen and oxygen atoms in total. The van der Waals surface area contributed by atoms with Crippen molar-refractivity contribution in [3.8, 4) is 22.6 Å². The number of rotatable bonds is 2. The van der Waals surface area contributed by atoms with Crippen LogP contribution < -0.4 is 0 Å². The summed E-state index contributed by atoms with van der Waals surface area (Å²) in [5.74, 6) is -0.253. The summed E-state index contributed by atoms with van der Waals surface area (Å²) in [5, 5.41) is 19.0. The number of carbonyl (C=O) groups is 2. The Morgan fingerprint density at radius 3 is 1.77 bits per heavy atom. The number of allylic oxidation sites excluding steroid dienone is 2. The van der Waals surface area contributed by atoms with E-state index in [0.717, 1.165) is 5.56 Å². The van der Waals surface area contributed by atoms with Crippen LogP contribution in [0, 0.1) is 0 Å². The van der Waals surface area contributed by atoms with Crippen molar-refractivity contribution in [1.29, 1.82) is 0 Å². The predicted octanol–water partition coefficient (Wildman–Crippen LogP) is 4.23. The fourth-order valence-electron chi connectivity index (χ4n) is 3.15. The number of fused-ring (bicyclic) bond motifs is 1. The molecule has 0 radical (unpaired) electrons. The van der Waals surface area contributed by atoms with Gasteiger partial charge in [0.25, 0.3) is 0 Å². The Morgan fingerprint density at radius 1 is 0.615 bits per heavy atom. The first kappa shape index (κ1) is 15.8. The maximum absolute atomic E-state index is 13.2. The molecule has 0 spiro atoms. The summed E-state index contributed by atoms with van der Waals surface area (Å²) >= 11 is 0. The van der Waals surface area contributed by atoms with E-state index in [4.69, 9.17) is 0 Å². The second-order valence-electron chi connectivity index (χ2n) is 6.07. The molecule has 26 heavy (non-hydrogen) atoms. The normalized spacial score (nSPS) is 13.3. The molecule has 0 atom stereocenters. The van der Waals surface area contributed by atoms with Gasteiger partial charge in [0.1, 0.15) is 11.5 Å². The van der Waals surface area contributed by atoms with Gasteiger partial charge in [0.05, 0.1) is 0 Å². The van der Waals surface area contributed by atoms with Crippen molar-refractivity contribution in [3.05, 3.63) is 89.5 Å². The zero-order valence-corrected chi connectivity index (χ0v) is 13.6.